The molecule has 7 heteroatoms. The van der Waals surface area contributed by atoms with Gasteiger partial charge in [0.15, 0.2) is 5.96 Å². The number of piperidine rings is 1. The van der Waals surface area contributed by atoms with Crippen molar-refractivity contribution in [1.82, 2.24) is 15.5 Å². The van der Waals surface area contributed by atoms with E-state index in [2.05, 4.69) is 34.4 Å². The van der Waals surface area contributed by atoms with Gasteiger partial charge in [0.05, 0.1) is 0 Å². The predicted molar refractivity (Wildman–Crippen MR) is 123 cm³/mol. The Balaban J connectivity index is 0.00000338. The first-order chi connectivity index (χ1) is 12.1. The van der Waals surface area contributed by atoms with Gasteiger partial charge in [-0.1, -0.05) is 30.3 Å². The Labute approximate surface area is 177 Å². The zero-order chi connectivity index (χ0) is 18.1. The lowest BCUT2D eigenvalue weighted by Crippen LogP contribution is -2.50. The summed E-state index contributed by atoms with van der Waals surface area (Å²) in [6.45, 7) is 7.44. The van der Waals surface area contributed by atoms with Crippen molar-refractivity contribution < 1.29 is 4.21 Å². The van der Waals surface area contributed by atoms with Gasteiger partial charge in [0.1, 0.15) is 0 Å². The van der Waals surface area contributed by atoms with Crippen molar-refractivity contribution in [3.8, 4) is 0 Å². The number of hydrogen-bond acceptors (Lipinski definition) is 3. The number of rotatable bonds is 7. The Morgan fingerprint density at radius 3 is 2.50 bits per heavy atom. The van der Waals surface area contributed by atoms with Crippen LogP contribution >= 0.6 is 24.0 Å². The van der Waals surface area contributed by atoms with E-state index in [1.807, 2.05) is 30.3 Å². The molecule has 1 aliphatic heterocycles. The summed E-state index contributed by atoms with van der Waals surface area (Å²) < 4.78 is 12.2. The largest absolute Gasteiger partial charge is 0.355 e. The molecule has 1 aromatic rings. The van der Waals surface area contributed by atoms with Gasteiger partial charge in [-0.2, -0.15) is 0 Å². The lowest BCUT2D eigenvalue weighted by atomic mass is 10.0. The minimum atomic E-state index is -0.858. The Morgan fingerprint density at radius 2 is 1.92 bits per heavy atom. The smallest absolute Gasteiger partial charge is 0.191 e. The molecule has 148 valence electrons. The van der Waals surface area contributed by atoms with E-state index in [1.54, 1.807) is 7.05 Å². The molecule has 1 aliphatic rings. The van der Waals surface area contributed by atoms with Crippen molar-refractivity contribution >= 4 is 40.7 Å². The van der Waals surface area contributed by atoms with Gasteiger partial charge in [0, 0.05) is 61.1 Å². The number of benzene rings is 1. The topological polar surface area (TPSA) is 56.7 Å². The lowest BCUT2D eigenvalue weighted by molar-refractivity contribution is 0.167. The van der Waals surface area contributed by atoms with Crippen molar-refractivity contribution in [3.05, 3.63) is 35.9 Å². The van der Waals surface area contributed by atoms with Gasteiger partial charge in [0.25, 0.3) is 0 Å². The third-order valence-corrected chi connectivity index (χ3v) is 5.93. The summed E-state index contributed by atoms with van der Waals surface area (Å²) in [6.07, 6.45) is 2.28. The van der Waals surface area contributed by atoms with Gasteiger partial charge < -0.3 is 15.5 Å². The van der Waals surface area contributed by atoms with E-state index in [1.165, 1.54) is 0 Å². The summed E-state index contributed by atoms with van der Waals surface area (Å²) in [5.74, 6) is 2.06. The second-order valence-corrected chi connectivity index (χ2v) is 8.40. The van der Waals surface area contributed by atoms with Crippen LogP contribution in [0.1, 0.15) is 32.3 Å². The maximum atomic E-state index is 12.2. The summed E-state index contributed by atoms with van der Waals surface area (Å²) in [7, 11) is 0.933. The van der Waals surface area contributed by atoms with Gasteiger partial charge in [-0.25, -0.2) is 0 Å². The number of halogens is 1. The molecule has 5 nitrogen and oxygen atoms in total. The Morgan fingerprint density at radius 1 is 1.27 bits per heavy atom. The highest BCUT2D eigenvalue weighted by Gasteiger charge is 2.21. The van der Waals surface area contributed by atoms with Crippen LogP contribution in [0.5, 0.6) is 0 Å². The van der Waals surface area contributed by atoms with Crippen molar-refractivity contribution in [2.45, 2.75) is 44.5 Å². The Kier molecular flexibility index (Phi) is 11.4. The zero-order valence-electron chi connectivity index (χ0n) is 16.1. The fourth-order valence-electron chi connectivity index (χ4n) is 3.06. The van der Waals surface area contributed by atoms with E-state index < -0.39 is 10.8 Å². The van der Waals surface area contributed by atoms with E-state index in [-0.39, 0.29) is 24.0 Å². The fourth-order valence-corrected chi connectivity index (χ4v) is 4.10. The van der Waals surface area contributed by atoms with Gasteiger partial charge in [-0.05, 0) is 32.3 Å². The maximum Gasteiger partial charge on any atom is 0.191 e. The molecule has 0 saturated carbocycles. The molecule has 1 unspecified atom stereocenters. The first-order valence-electron chi connectivity index (χ1n) is 9.18. The van der Waals surface area contributed by atoms with Gasteiger partial charge in [-0.3, -0.25) is 9.20 Å². The molecule has 0 aromatic heterocycles. The lowest BCUT2D eigenvalue weighted by Gasteiger charge is -2.35. The number of nitrogens with one attached hydrogen (secondary N) is 2. The molecule has 1 fully saturated rings. The van der Waals surface area contributed by atoms with Gasteiger partial charge in [0.2, 0.25) is 0 Å². The van der Waals surface area contributed by atoms with Crippen LogP contribution in [0.4, 0.5) is 0 Å². The average Bonchev–Trinajstić information content (AvgIpc) is 2.62. The summed E-state index contributed by atoms with van der Waals surface area (Å²) >= 11 is 0. The SMILES string of the molecule is CN=C(NCCS(=O)Cc1ccccc1)NC1CCN(C(C)C)CC1.I. The van der Waals surface area contributed by atoms with Crippen LogP contribution < -0.4 is 10.6 Å². The predicted octanol–water partition coefficient (Wildman–Crippen LogP) is 2.59. The zero-order valence-corrected chi connectivity index (χ0v) is 19.3. The molecule has 1 saturated heterocycles. The van der Waals surface area contributed by atoms with Crippen LogP contribution in [-0.2, 0) is 16.6 Å². The van der Waals surface area contributed by atoms with Crippen molar-refractivity contribution in [2.24, 2.45) is 4.99 Å². The highest BCUT2D eigenvalue weighted by molar-refractivity contribution is 14.0. The van der Waals surface area contributed by atoms with Crippen LogP contribution in [0.25, 0.3) is 0 Å². The number of aliphatic imine (C=N–C) groups is 1. The van der Waals surface area contributed by atoms with E-state index >= 15 is 0 Å². The first-order valence-corrected chi connectivity index (χ1v) is 10.7. The molecule has 0 bridgehead atoms. The normalized spacial score (nSPS) is 17.6. The molecule has 1 heterocycles. The first kappa shape index (κ1) is 23.4. The van der Waals surface area contributed by atoms with Crippen molar-refractivity contribution in [2.75, 3.05) is 32.4 Å². The summed E-state index contributed by atoms with van der Waals surface area (Å²) in [5.41, 5.74) is 1.13. The number of guanidine groups is 1. The molecule has 1 aromatic carbocycles. The number of hydrogen-bond donors (Lipinski definition) is 2. The van der Waals surface area contributed by atoms with E-state index in [0.717, 1.165) is 37.5 Å². The molecule has 0 spiro atoms. The molecular weight excluding hydrogens is 459 g/mol. The molecule has 2 rings (SSSR count). The molecule has 1 atom stereocenters. The summed E-state index contributed by atoms with van der Waals surface area (Å²) in [4.78, 5) is 6.81. The molecule has 0 aliphatic carbocycles. The molecule has 2 N–H and O–H groups in total. The number of likely N-dealkylation sites (tertiary alicyclic amines) is 1. The quantitative estimate of drug-likeness (QED) is 0.349. The van der Waals surface area contributed by atoms with Crippen LogP contribution in [0.3, 0.4) is 0 Å². The highest BCUT2D eigenvalue weighted by Crippen LogP contribution is 2.12. The van der Waals surface area contributed by atoms with Crippen LogP contribution in [0, 0.1) is 0 Å². The Hall–Kier alpha value is -0.670. The highest BCUT2D eigenvalue weighted by atomic mass is 127. The molecule has 0 radical (unpaired) electrons. The van der Waals surface area contributed by atoms with Crippen molar-refractivity contribution in [3.63, 3.8) is 0 Å². The molecule has 26 heavy (non-hydrogen) atoms. The van der Waals surface area contributed by atoms with E-state index in [4.69, 9.17) is 0 Å². The third-order valence-electron chi connectivity index (χ3n) is 4.62. The molecule has 0 amide bonds. The second kappa shape index (κ2) is 12.7. The maximum absolute atomic E-state index is 12.2. The van der Waals surface area contributed by atoms with Crippen molar-refractivity contribution in [1.29, 1.82) is 0 Å². The van der Waals surface area contributed by atoms with Gasteiger partial charge in [-0.15, -0.1) is 24.0 Å². The molecular formula is C19H33IN4OS. The average molecular weight is 492 g/mol. The van der Waals surface area contributed by atoms with Crippen LogP contribution in [0.15, 0.2) is 35.3 Å². The minimum Gasteiger partial charge on any atom is -0.355 e. The van der Waals surface area contributed by atoms with Gasteiger partial charge >= 0.3 is 0 Å². The van der Waals surface area contributed by atoms with E-state index in [9.17, 15) is 4.21 Å². The third kappa shape index (κ3) is 8.35. The Bertz CT molecular complexity index is 560. The van der Waals surface area contributed by atoms with Crippen LogP contribution in [-0.4, -0.2) is 59.6 Å². The van der Waals surface area contributed by atoms with E-state index in [0.29, 0.717) is 30.1 Å². The minimum absolute atomic E-state index is 0. The fraction of sp³-hybridized carbons (Fsp3) is 0.632. The second-order valence-electron chi connectivity index (χ2n) is 6.82. The summed E-state index contributed by atoms with van der Waals surface area (Å²) in [5, 5.41) is 6.80. The van der Waals surface area contributed by atoms with Crippen LogP contribution in [0.2, 0.25) is 0 Å². The number of nitrogens with zero attached hydrogens (tertiary/aromatic N) is 2. The standard InChI is InChI=1S/C19H32N4OS.HI/c1-16(2)23-12-9-18(10-13-23)22-19(20-3)21-11-14-25(24)15-17-7-5-4-6-8-17;/h4-8,16,18H,9-15H2,1-3H3,(H2,20,21,22);1H. The summed E-state index contributed by atoms with van der Waals surface area (Å²) in [6, 6.07) is 11.1. The monoisotopic (exact) mass is 492 g/mol.